The molecule has 13 heavy (non-hydrogen) atoms. The molecule has 0 spiro atoms. The summed E-state index contributed by atoms with van der Waals surface area (Å²) in [6.07, 6.45) is 0. The van der Waals surface area contributed by atoms with Crippen molar-refractivity contribution in [1.82, 2.24) is 5.01 Å². The van der Waals surface area contributed by atoms with Crippen LogP contribution in [0.3, 0.4) is 0 Å². The van der Waals surface area contributed by atoms with Crippen LogP contribution in [0, 0.1) is 5.41 Å². The molecule has 0 radical (unpaired) electrons. The van der Waals surface area contributed by atoms with E-state index in [-0.39, 0.29) is 11.3 Å². The Balaban J connectivity index is 3.13. The maximum atomic E-state index is 11.6. The Labute approximate surface area is 94.8 Å². The first-order valence-corrected chi connectivity index (χ1v) is 5.51. The van der Waals surface area contributed by atoms with Crippen LogP contribution in [0.2, 0.25) is 0 Å². The van der Waals surface area contributed by atoms with Gasteiger partial charge in [-0.3, -0.25) is 4.79 Å². The lowest BCUT2D eigenvalue weighted by atomic mass is 9.88. The van der Waals surface area contributed by atoms with Crippen molar-refractivity contribution in [2.45, 2.75) is 24.0 Å². The van der Waals surface area contributed by atoms with E-state index in [1.54, 1.807) is 7.05 Å². The SMILES string of the molecule is CN1N=C(C(C)(C)C)C(Br)(Br)C1=O. The topological polar surface area (TPSA) is 32.7 Å². The lowest BCUT2D eigenvalue weighted by molar-refractivity contribution is -0.127. The molecule has 5 heteroatoms. The molecule has 74 valence electrons. The number of hydrogen-bond acceptors (Lipinski definition) is 2. The van der Waals surface area contributed by atoms with E-state index in [1.165, 1.54) is 5.01 Å². The molecular formula is C8H12Br2N2O. The molecular weight excluding hydrogens is 300 g/mol. The van der Waals surface area contributed by atoms with E-state index in [0.29, 0.717) is 0 Å². The predicted octanol–water partition coefficient (Wildman–Crippen LogP) is 2.35. The zero-order valence-corrected chi connectivity index (χ0v) is 11.2. The quantitative estimate of drug-likeness (QED) is 0.632. The second-order valence-corrected chi connectivity index (χ2v) is 7.54. The van der Waals surface area contributed by atoms with E-state index in [0.717, 1.165) is 5.71 Å². The molecule has 1 amide bonds. The molecule has 0 fully saturated rings. The molecule has 0 bridgehead atoms. The maximum absolute atomic E-state index is 11.6. The van der Waals surface area contributed by atoms with E-state index < -0.39 is 3.23 Å². The molecule has 0 N–H and O–H groups in total. The molecule has 1 aliphatic rings. The zero-order chi connectivity index (χ0) is 10.4. The van der Waals surface area contributed by atoms with Crippen LogP contribution in [0.15, 0.2) is 5.10 Å². The fraction of sp³-hybridized carbons (Fsp3) is 0.750. The number of alkyl halides is 2. The van der Waals surface area contributed by atoms with Crippen LogP contribution in [0.25, 0.3) is 0 Å². The second-order valence-electron chi connectivity index (χ2n) is 4.10. The Morgan fingerprint density at radius 2 is 1.85 bits per heavy atom. The summed E-state index contributed by atoms with van der Waals surface area (Å²) in [6, 6.07) is 0. The van der Waals surface area contributed by atoms with Gasteiger partial charge in [0.1, 0.15) is 0 Å². The number of carbonyl (C=O) groups is 1. The number of rotatable bonds is 0. The highest BCUT2D eigenvalue weighted by Gasteiger charge is 2.50. The predicted molar refractivity (Wildman–Crippen MR) is 60.2 cm³/mol. The van der Waals surface area contributed by atoms with Crippen LogP contribution in [0.4, 0.5) is 0 Å². The average molecular weight is 312 g/mol. The van der Waals surface area contributed by atoms with Gasteiger partial charge in [0.25, 0.3) is 5.91 Å². The third kappa shape index (κ3) is 1.81. The summed E-state index contributed by atoms with van der Waals surface area (Å²) in [4.78, 5) is 11.6. The first-order chi connectivity index (χ1) is 5.67. The highest BCUT2D eigenvalue weighted by atomic mass is 79.9. The van der Waals surface area contributed by atoms with Crippen molar-refractivity contribution in [2.75, 3.05) is 7.05 Å². The van der Waals surface area contributed by atoms with Crippen molar-refractivity contribution < 1.29 is 4.79 Å². The van der Waals surface area contributed by atoms with Crippen LogP contribution in [-0.2, 0) is 4.79 Å². The summed E-state index contributed by atoms with van der Waals surface area (Å²) in [5, 5.41) is 5.55. The van der Waals surface area contributed by atoms with E-state index in [9.17, 15) is 4.79 Å². The van der Waals surface area contributed by atoms with Gasteiger partial charge in [0.15, 0.2) is 0 Å². The molecule has 3 nitrogen and oxygen atoms in total. The van der Waals surface area contributed by atoms with Gasteiger partial charge in [0.05, 0.1) is 5.71 Å². The molecule has 1 rings (SSSR count). The number of amides is 1. The Morgan fingerprint density at radius 1 is 1.38 bits per heavy atom. The molecule has 0 saturated carbocycles. The number of carbonyl (C=O) groups excluding carboxylic acids is 1. The minimum atomic E-state index is -0.812. The zero-order valence-electron chi connectivity index (χ0n) is 8.06. The molecule has 0 aliphatic carbocycles. The highest BCUT2D eigenvalue weighted by molar-refractivity contribution is 9.26. The first kappa shape index (κ1) is 11.2. The van der Waals surface area contributed by atoms with E-state index in [4.69, 9.17) is 0 Å². The van der Waals surface area contributed by atoms with Crippen LogP contribution in [-0.4, -0.2) is 26.9 Å². The van der Waals surface area contributed by atoms with Gasteiger partial charge in [-0.1, -0.05) is 52.6 Å². The molecule has 1 aliphatic heterocycles. The van der Waals surface area contributed by atoms with Crippen molar-refractivity contribution in [3.8, 4) is 0 Å². The Morgan fingerprint density at radius 3 is 2.00 bits per heavy atom. The standard InChI is InChI=1S/C8H12Br2N2O/c1-7(2,3)5-8(9,10)6(13)12(4)11-5/h1-4H3. The van der Waals surface area contributed by atoms with E-state index in [1.807, 2.05) is 20.8 Å². The fourth-order valence-corrected chi connectivity index (χ4v) is 3.05. The van der Waals surface area contributed by atoms with Crippen LogP contribution in [0.1, 0.15) is 20.8 Å². The van der Waals surface area contributed by atoms with Gasteiger partial charge in [-0.25, -0.2) is 5.01 Å². The fourth-order valence-electron chi connectivity index (χ4n) is 1.18. The number of nitrogens with zero attached hydrogens (tertiary/aromatic N) is 2. The van der Waals surface area contributed by atoms with Crippen molar-refractivity contribution in [3.05, 3.63) is 0 Å². The lowest BCUT2D eigenvalue weighted by Crippen LogP contribution is -2.39. The van der Waals surface area contributed by atoms with Gasteiger partial charge >= 0.3 is 0 Å². The Kier molecular flexibility index (Phi) is 2.62. The molecule has 0 aromatic carbocycles. The lowest BCUT2D eigenvalue weighted by Gasteiger charge is -2.24. The molecule has 0 aromatic rings. The van der Waals surface area contributed by atoms with Crippen LogP contribution < -0.4 is 0 Å². The minimum absolute atomic E-state index is 0.0857. The van der Waals surface area contributed by atoms with E-state index in [2.05, 4.69) is 37.0 Å². The largest absolute Gasteiger partial charge is 0.276 e. The Hall–Kier alpha value is 0.1000. The molecule has 0 saturated heterocycles. The monoisotopic (exact) mass is 310 g/mol. The third-order valence-corrected chi connectivity index (χ3v) is 3.25. The summed E-state index contributed by atoms with van der Waals surface area (Å²) in [5.41, 5.74) is 0.667. The van der Waals surface area contributed by atoms with Gasteiger partial charge < -0.3 is 0 Å². The van der Waals surface area contributed by atoms with Gasteiger partial charge in [0.2, 0.25) is 3.23 Å². The van der Waals surface area contributed by atoms with Crippen molar-refractivity contribution in [3.63, 3.8) is 0 Å². The summed E-state index contributed by atoms with van der Waals surface area (Å²) in [5.74, 6) is -0.0857. The third-order valence-electron chi connectivity index (χ3n) is 1.82. The van der Waals surface area contributed by atoms with Crippen LogP contribution in [0.5, 0.6) is 0 Å². The summed E-state index contributed by atoms with van der Waals surface area (Å²) >= 11 is 6.69. The number of hydrazone groups is 1. The number of halogens is 2. The molecule has 0 unspecified atom stereocenters. The minimum Gasteiger partial charge on any atom is -0.270 e. The van der Waals surface area contributed by atoms with Crippen LogP contribution >= 0.6 is 31.9 Å². The smallest absolute Gasteiger partial charge is 0.270 e. The first-order valence-electron chi connectivity index (χ1n) is 3.93. The van der Waals surface area contributed by atoms with Gasteiger partial charge in [-0.05, 0) is 0 Å². The summed E-state index contributed by atoms with van der Waals surface area (Å²) < 4.78 is -0.812. The van der Waals surface area contributed by atoms with Gasteiger partial charge in [-0.15, -0.1) is 0 Å². The van der Waals surface area contributed by atoms with Crippen molar-refractivity contribution in [1.29, 1.82) is 0 Å². The number of hydrogen-bond donors (Lipinski definition) is 0. The van der Waals surface area contributed by atoms with Crippen molar-refractivity contribution >= 4 is 43.5 Å². The van der Waals surface area contributed by atoms with E-state index >= 15 is 0 Å². The molecule has 1 heterocycles. The van der Waals surface area contributed by atoms with Gasteiger partial charge in [-0.2, -0.15) is 5.10 Å². The highest BCUT2D eigenvalue weighted by Crippen LogP contribution is 2.41. The second kappa shape index (κ2) is 3.05. The maximum Gasteiger partial charge on any atom is 0.276 e. The molecule has 0 aromatic heterocycles. The van der Waals surface area contributed by atoms with Gasteiger partial charge in [0, 0.05) is 12.5 Å². The normalized spacial score (nSPS) is 22.2. The summed E-state index contributed by atoms with van der Waals surface area (Å²) in [7, 11) is 1.65. The van der Waals surface area contributed by atoms with Crippen molar-refractivity contribution in [2.24, 2.45) is 10.5 Å². The summed E-state index contributed by atoms with van der Waals surface area (Å²) in [6.45, 7) is 6.07. The molecule has 0 atom stereocenters. The average Bonchev–Trinajstić information content (AvgIpc) is 2.12. The Bertz CT molecular complexity index is 278.